The highest BCUT2D eigenvalue weighted by Gasteiger charge is 2.47. The normalized spacial score (nSPS) is 16.1. The largest absolute Gasteiger partial charge is 0.503 e. The second-order valence-electron chi connectivity index (χ2n) is 9.58. The van der Waals surface area contributed by atoms with Crippen LogP contribution in [0.3, 0.4) is 0 Å². The molecule has 1 aliphatic rings. The van der Waals surface area contributed by atoms with Crippen LogP contribution in [0.4, 0.5) is 5.13 Å². The summed E-state index contributed by atoms with van der Waals surface area (Å²) in [5.74, 6) is -2.06. The molecule has 1 aliphatic heterocycles. The Labute approximate surface area is 213 Å². The van der Waals surface area contributed by atoms with Gasteiger partial charge in [-0.15, -0.1) is 0 Å². The van der Waals surface area contributed by atoms with Crippen molar-refractivity contribution in [2.24, 2.45) is 0 Å². The maximum atomic E-state index is 13.5. The summed E-state index contributed by atoms with van der Waals surface area (Å²) in [5, 5.41) is 11.1. The van der Waals surface area contributed by atoms with E-state index >= 15 is 0 Å². The van der Waals surface area contributed by atoms with Crippen LogP contribution in [0.5, 0.6) is 0 Å². The van der Waals surface area contributed by atoms with Crippen molar-refractivity contribution in [3.05, 3.63) is 80.9 Å². The molecule has 1 N–H and O–H groups in total. The standard InChI is InChI=1S/C27H28N2O6S/c1-7-34-25(33)23-15(3)28-26(36-23)29-20(16-9-11-17(12-10-16)27(4,5)6)19(22(31)24(29)32)21(30)18-13-8-14(2)35-18/h8-13,20,31H,7H2,1-6H3. The molecule has 3 heterocycles. The van der Waals surface area contributed by atoms with E-state index in [1.807, 2.05) is 24.3 Å². The van der Waals surface area contributed by atoms with E-state index in [4.69, 9.17) is 9.15 Å². The molecule has 3 aromatic rings. The van der Waals surface area contributed by atoms with Crippen molar-refractivity contribution in [3.63, 3.8) is 0 Å². The number of rotatable bonds is 6. The van der Waals surface area contributed by atoms with Gasteiger partial charge in [0.25, 0.3) is 5.91 Å². The highest BCUT2D eigenvalue weighted by Crippen LogP contribution is 2.44. The average Bonchev–Trinajstić information content (AvgIpc) is 3.49. The number of ether oxygens (including phenoxy) is 1. The quantitative estimate of drug-likeness (QED) is 0.340. The number of aliphatic hydroxyl groups is 1. The number of Topliss-reactive ketones (excluding diaryl/α,β-unsaturated/α-hetero) is 1. The zero-order valence-corrected chi connectivity index (χ0v) is 21.9. The Morgan fingerprint density at radius 3 is 2.36 bits per heavy atom. The van der Waals surface area contributed by atoms with E-state index in [1.165, 1.54) is 11.0 Å². The minimum absolute atomic E-state index is 0.0162. The molecule has 0 aliphatic carbocycles. The molecule has 0 bridgehead atoms. The van der Waals surface area contributed by atoms with E-state index in [-0.39, 0.29) is 33.4 Å². The van der Waals surface area contributed by atoms with Gasteiger partial charge in [0.15, 0.2) is 16.7 Å². The summed E-state index contributed by atoms with van der Waals surface area (Å²) >= 11 is 0.977. The van der Waals surface area contributed by atoms with Crippen LogP contribution >= 0.6 is 11.3 Å². The van der Waals surface area contributed by atoms with E-state index in [2.05, 4.69) is 25.8 Å². The molecule has 1 atom stereocenters. The molecular weight excluding hydrogens is 480 g/mol. The van der Waals surface area contributed by atoms with Crippen LogP contribution in [-0.2, 0) is 14.9 Å². The number of furan rings is 1. The van der Waals surface area contributed by atoms with Crippen molar-refractivity contribution in [2.75, 3.05) is 11.5 Å². The second-order valence-corrected chi connectivity index (χ2v) is 10.6. The number of aliphatic hydroxyl groups excluding tert-OH is 1. The third-order valence-corrected chi connectivity index (χ3v) is 7.10. The van der Waals surface area contributed by atoms with Gasteiger partial charge in [0.1, 0.15) is 10.6 Å². The van der Waals surface area contributed by atoms with Crippen LogP contribution in [0.2, 0.25) is 0 Å². The first kappa shape index (κ1) is 25.4. The molecule has 188 valence electrons. The van der Waals surface area contributed by atoms with Gasteiger partial charge in [0.05, 0.1) is 23.9 Å². The van der Waals surface area contributed by atoms with Crippen LogP contribution in [0, 0.1) is 13.8 Å². The molecule has 4 rings (SSSR count). The fraction of sp³-hybridized carbons (Fsp3) is 0.333. The number of esters is 1. The number of hydrogen-bond acceptors (Lipinski definition) is 8. The molecular formula is C27H28N2O6S. The minimum Gasteiger partial charge on any atom is -0.503 e. The van der Waals surface area contributed by atoms with Gasteiger partial charge in [-0.05, 0) is 49.4 Å². The molecule has 36 heavy (non-hydrogen) atoms. The predicted molar refractivity (Wildman–Crippen MR) is 136 cm³/mol. The van der Waals surface area contributed by atoms with E-state index in [9.17, 15) is 19.5 Å². The SMILES string of the molecule is CCOC(=O)c1sc(N2C(=O)C(O)=C(C(=O)c3ccc(C)o3)C2c2ccc(C(C)(C)C)cc2)nc1C. The number of thiazole rings is 1. The van der Waals surface area contributed by atoms with Gasteiger partial charge < -0.3 is 14.3 Å². The number of aromatic nitrogens is 1. The topological polar surface area (TPSA) is 110 Å². The first-order chi connectivity index (χ1) is 16.9. The van der Waals surface area contributed by atoms with Crippen LogP contribution < -0.4 is 4.90 Å². The highest BCUT2D eigenvalue weighted by atomic mass is 32.1. The van der Waals surface area contributed by atoms with Crippen molar-refractivity contribution in [1.82, 2.24) is 4.98 Å². The van der Waals surface area contributed by atoms with Crippen molar-refractivity contribution in [1.29, 1.82) is 0 Å². The molecule has 9 heteroatoms. The van der Waals surface area contributed by atoms with Crippen LogP contribution in [0.1, 0.15) is 76.5 Å². The Hall–Kier alpha value is -3.72. The van der Waals surface area contributed by atoms with Crippen LogP contribution in [-0.4, -0.2) is 34.4 Å². The Kier molecular flexibility index (Phi) is 6.62. The second kappa shape index (κ2) is 9.39. The number of anilines is 1. The van der Waals surface area contributed by atoms with Crippen molar-refractivity contribution in [3.8, 4) is 0 Å². The third-order valence-electron chi connectivity index (χ3n) is 5.96. The number of carbonyl (C=O) groups is 3. The zero-order chi connectivity index (χ0) is 26.4. The monoisotopic (exact) mass is 508 g/mol. The number of ketones is 1. The lowest BCUT2D eigenvalue weighted by Gasteiger charge is -2.25. The van der Waals surface area contributed by atoms with Gasteiger partial charge >= 0.3 is 5.97 Å². The Morgan fingerprint density at radius 1 is 1.14 bits per heavy atom. The van der Waals surface area contributed by atoms with Gasteiger partial charge in [-0.2, -0.15) is 0 Å². The van der Waals surface area contributed by atoms with Crippen molar-refractivity contribution < 1.29 is 28.6 Å². The smallest absolute Gasteiger partial charge is 0.350 e. The maximum Gasteiger partial charge on any atom is 0.350 e. The molecule has 1 amide bonds. The number of nitrogens with zero attached hydrogens (tertiary/aromatic N) is 2. The Balaban J connectivity index is 1.85. The van der Waals surface area contributed by atoms with Crippen molar-refractivity contribution in [2.45, 2.75) is 53.0 Å². The third kappa shape index (κ3) is 4.46. The fourth-order valence-corrected chi connectivity index (χ4v) is 5.06. The van der Waals surface area contributed by atoms with Gasteiger partial charge in [-0.3, -0.25) is 14.5 Å². The van der Waals surface area contributed by atoms with Crippen LogP contribution in [0.25, 0.3) is 0 Å². The predicted octanol–water partition coefficient (Wildman–Crippen LogP) is 5.61. The number of carbonyl (C=O) groups excluding carboxylic acids is 3. The minimum atomic E-state index is -0.968. The molecule has 0 saturated carbocycles. The van der Waals surface area contributed by atoms with Crippen LogP contribution in [0.15, 0.2) is 52.1 Å². The summed E-state index contributed by atoms with van der Waals surface area (Å²) in [6.07, 6.45) is 0. The lowest BCUT2D eigenvalue weighted by atomic mass is 9.85. The van der Waals surface area contributed by atoms with Crippen molar-refractivity contribution >= 4 is 34.1 Å². The summed E-state index contributed by atoms with van der Waals surface area (Å²) in [7, 11) is 0. The number of aryl methyl sites for hydroxylation is 2. The molecule has 0 spiro atoms. The Bertz CT molecular complexity index is 1370. The lowest BCUT2D eigenvalue weighted by molar-refractivity contribution is -0.117. The lowest BCUT2D eigenvalue weighted by Crippen LogP contribution is -2.31. The van der Waals surface area contributed by atoms with Gasteiger partial charge in [-0.1, -0.05) is 56.4 Å². The fourth-order valence-electron chi connectivity index (χ4n) is 4.08. The molecule has 0 saturated heterocycles. The van der Waals surface area contributed by atoms with Gasteiger partial charge in [0, 0.05) is 0 Å². The average molecular weight is 509 g/mol. The number of benzene rings is 1. The number of amides is 1. The first-order valence-electron chi connectivity index (χ1n) is 11.6. The molecule has 2 aromatic heterocycles. The summed E-state index contributed by atoms with van der Waals surface area (Å²) in [5.41, 5.74) is 1.86. The maximum absolute atomic E-state index is 13.5. The summed E-state index contributed by atoms with van der Waals surface area (Å²) < 4.78 is 10.6. The van der Waals surface area contributed by atoms with Gasteiger partial charge in [0.2, 0.25) is 5.78 Å². The summed E-state index contributed by atoms with van der Waals surface area (Å²) in [4.78, 5) is 45.2. The van der Waals surface area contributed by atoms with E-state index < -0.39 is 29.5 Å². The van der Waals surface area contributed by atoms with E-state index in [0.29, 0.717) is 17.0 Å². The molecule has 8 nitrogen and oxygen atoms in total. The van der Waals surface area contributed by atoms with Gasteiger partial charge in [-0.25, -0.2) is 9.78 Å². The first-order valence-corrected chi connectivity index (χ1v) is 12.4. The molecule has 1 unspecified atom stereocenters. The molecule has 1 aromatic carbocycles. The summed E-state index contributed by atoms with van der Waals surface area (Å²) in [6, 6.07) is 9.71. The number of hydrogen-bond donors (Lipinski definition) is 1. The van der Waals surface area contributed by atoms with E-state index in [1.54, 1.807) is 26.8 Å². The van der Waals surface area contributed by atoms with E-state index in [0.717, 1.165) is 16.9 Å². The summed E-state index contributed by atoms with van der Waals surface area (Å²) in [6.45, 7) is 11.5. The highest BCUT2D eigenvalue weighted by molar-refractivity contribution is 7.17. The zero-order valence-electron chi connectivity index (χ0n) is 21.0. The molecule has 0 fully saturated rings. The Morgan fingerprint density at radius 2 is 1.81 bits per heavy atom. The molecule has 0 radical (unpaired) electrons.